The van der Waals surface area contributed by atoms with Crippen molar-refractivity contribution in [1.82, 2.24) is 0 Å². The van der Waals surface area contributed by atoms with Crippen LogP contribution < -0.4 is 5.32 Å². The van der Waals surface area contributed by atoms with Gasteiger partial charge in [-0.1, -0.05) is 0 Å². The van der Waals surface area contributed by atoms with Gasteiger partial charge in [-0.15, -0.1) is 0 Å². The van der Waals surface area contributed by atoms with Crippen LogP contribution in [0, 0.1) is 46.7 Å². The number of amides is 1. The van der Waals surface area contributed by atoms with Crippen LogP contribution in [0.3, 0.4) is 0 Å². The van der Waals surface area contributed by atoms with E-state index in [1.807, 2.05) is 0 Å². The monoisotopic (exact) mass is 270 g/mol. The molecule has 1 amide bonds. The van der Waals surface area contributed by atoms with Gasteiger partial charge in [0, 0.05) is 11.6 Å². The van der Waals surface area contributed by atoms with E-state index in [0.29, 0.717) is 17.5 Å². The van der Waals surface area contributed by atoms with Crippen LogP contribution in [0.2, 0.25) is 0 Å². The zero-order valence-electron chi connectivity index (χ0n) is 11.0. The van der Waals surface area contributed by atoms with Crippen molar-refractivity contribution in [3.05, 3.63) is 29.6 Å². The Bertz CT molecular complexity index is 620. The Hall–Kier alpha value is -1.89. The Balaban J connectivity index is 1.48. The molecule has 4 heteroatoms. The maximum atomic E-state index is 13.2. The zero-order chi connectivity index (χ0) is 13.9. The first-order valence-electron chi connectivity index (χ1n) is 7.19. The van der Waals surface area contributed by atoms with Crippen LogP contribution in [0.15, 0.2) is 18.2 Å². The minimum Gasteiger partial charge on any atom is -0.326 e. The van der Waals surface area contributed by atoms with Crippen LogP contribution in [0.4, 0.5) is 10.1 Å². The van der Waals surface area contributed by atoms with E-state index in [0.717, 1.165) is 11.8 Å². The summed E-state index contributed by atoms with van der Waals surface area (Å²) in [4.78, 5) is 12.3. The van der Waals surface area contributed by atoms with Crippen molar-refractivity contribution in [2.24, 2.45) is 29.6 Å². The van der Waals surface area contributed by atoms with Gasteiger partial charge in [-0.2, -0.15) is 5.26 Å². The van der Waals surface area contributed by atoms with Crippen molar-refractivity contribution >= 4 is 11.6 Å². The zero-order valence-corrected chi connectivity index (χ0v) is 11.0. The van der Waals surface area contributed by atoms with E-state index >= 15 is 0 Å². The Labute approximate surface area is 116 Å². The first kappa shape index (κ1) is 11.9. The number of benzene rings is 1. The van der Waals surface area contributed by atoms with E-state index in [9.17, 15) is 9.18 Å². The van der Waals surface area contributed by atoms with E-state index in [-0.39, 0.29) is 17.4 Å². The standard InChI is InChI=1S/C16H15FN2O/c17-12-4-3-11(6-10(12)7-18)19-16(20)15-13-8-1-2-9(5-8)14(13)15/h3-4,6,8-9,13-15H,1-2,5H2,(H,19,20). The molecule has 1 aromatic carbocycles. The highest BCUT2D eigenvalue weighted by Gasteiger charge is 2.67. The maximum absolute atomic E-state index is 13.2. The van der Waals surface area contributed by atoms with Gasteiger partial charge < -0.3 is 5.32 Å². The molecular weight excluding hydrogens is 255 g/mol. The fourth-order valence-corrected chi connectivity index (χ4v) is 4.59. The summed E-state index contributed by atoms with van der Waals surface area (Å²) in [5, 5.41) is 11.7. The molecule has 0 spiro atoms. The van der Waals surface area contributed by atoms with Gasteiger partial charge in [0.15, 0.2) is 0 Å². The normalized spacial score (nSPS) is 36.3. The predicted octanol–water partition coefficient (Wildman–Crippen LogP) is 2.93. The number of halogens is 1. The Morgan fingerprint density at radius 3 is 2.65 bits per heavy atom. The van der Waals surface area contributed by atoms with E-state index in [2.05, 4.69) is 5.32 Å². The summed E-state index contributed by atoms with van der Waals surface area (Å²) in [7, 11) is 0. The molecule has 0 saturated heterocycles. The molecule has 0 aromatic heterocycles. The average Bonchev–Trinajstić information content (AvgIpc) is 2.90. The molecule has 3 fully saturated rings. The van der Waals surface area contributed by atoms with Crippen LogP contribution in [-0.4, -0.2) is 5.91 Å². The summed E-state index contributed by atoms with van der Waals surface area (Å²) in [6.07, 6.45) is 3.88. The third-order valence-electron chi connectivity index (χ3n) is 5.39. The van der Waals surface area contributed by atoms with Crippen molar-refractivity contribution in [1.29, 1.82) is 5.26 Å². The number of carbonyl (C=O) groups excluding carboxylic acids is 1. The first-order chi connectivity index (χ1) is 9.69. The molecule has 4 rings (SSSR count). The number of nitrogens with one attached hydrogen (secondary N) is 1. The first-order valence-corrected chi connectivity index (χ1v) is 7.19. The lowest BCUT2D eigenvalue weighted by Crippen LogP contribution is -2.18. The lowest BCUT2D eigenvalue weighted by molar-refractivity contribution is -0.118. The third-order valence-corrected chi connectivity index (χ3v) is 5.39. The predicted molar refractivity (Wildman–Crippen MR) is 71.0 cm³/mol. The number of anilines is 1. The van der Waals surface area contributed by atoms with Gasteiger partial charge >= 0.3 is 0 Å². The third kappa shape index (κ3) is 1.59. The van der Waals surface area contributed by atoms with Gasteiger partial charge in [-0.05, 0) is 61.1 Å². The van der Waals surface area contributed by atoms with Crippen LogP contribution in [0.1, 0.15) is 24.8 Å². The molecule has 0 radical (unpaired) electrons. The van der Waals surface area contributed by atoms with Crippen LogP contribution >= 0.6 is 0 Å². The van der Waals surface area contributed by atoms with E-state index in [1.165, 1.54) is 37.5 Å². The Morgan fingerprint density at radius 2 is 2.00 bits per heavy atom. The fraction of sp³-hybridized carbons (Fsp3) is 0.500. The smallest absolute Gasteiger partial charge is 0.228 e. The molecule has 0 aliphatic heterocycles. The quantitative estimate of drug-likeness (QED) is 0.898. The topological polar surface area (TPSA) is 52.9 Å². The molecule has 3 aliphatic rings. The molecule has 4 unspecified atom stereocenters. The van der Waals surface area contributed by atoms with Crippen molar-refractivity contribution in [2.45, 2.75) is 19.3 Å². The highest BCUT2D eigenvalue weighted by atomic mass is 19.1. The van der Waals surface area contributed by atoms with Crippen molar-refractivity contribution in [3.63, 3.8) is 0 Å². The number of hydrogen-bond acceptors (Lipinski definition) is 2. The van der Waals surface area contributed by atoms with Gasteiger partial charge in [0.1, 0.15) is 11.9 Å². The van der Waals surface area contributed by atoms with Crippen LogP contribution in [0.5, 0.6) is 0 Å². The molecule has 102 valence electrons. The molecule has 4 atom stereocenters. The Morgan fingerprint density at radius 1 is 1.30 bits per heavy atom. The minimum atomic E-state index is -0.549. The molecule has 3 saturated carbocycles. The summed E-state index contributed by atoms with van der Waals surface area (Å²) >= 11 is 0. The number of rotatable bonds is 2. The van der Waals surface area contributed by atoms with Gasteiger partial charge in [0.05, 0.1) is 5.56 Å². The van der Waals surface area contributed by atoms with Crippen LogP contribution in [-0.2, 0) is 4.79 Å². The fourth-order valence-electron chi connectivity index (χ4n) is 4.59. The lowest BCUT2D eigenvalue weighted by Gasteiger charge is -2.10. The SMILES string of the molecule is N#Cc1cc(NC(=O)C2C3C4CCC(C4)C23)ccc1F. The van der Waals surface area contributed by atoms with Crippen molar-refractivity contribution < 1.29 is 9.18 Å². The maximum Gasteiger partial charge on any atom is 0.228 e. The second-order valence-electron chi connectivity index (χ2n) is 6.31. The molecule has 20 heavy (non-hydrogen) atoms. The highest BCUT2D eigenvalue weighted by molar-refractivity contribution is 5.95. The van der Waals surface area contributed by atoms with Crippen LogP contribution in [0.25, 0.3) is 0 Å². The van der Waals surface area contributed by atoms with Gasteiger partial charge in [-0.3, -0.25) is 4.79 Å². The lowest BCUT2D eigenvalue weighted by atomic mass is 10.0. The number of fused-ring (bicyclic) bond motifs is 5. The second kappa shape index (κ2) is 4.05. The summed E-state index contributed by atoms with van der Waals surface area (Å²) < 4.78 is 13.2. The summed E-state index contributed by atoms with van der Waals surface area (Å²) in [6.45, 7) is 0. The molecule has 1 aromatic rings. The summed E-state index contributed by atoms with van der Waals surface area (Å²) in [5.74, 6) is 2.33. The second-order valence-corrected chi connectivity index (χ2v) is 6.31. The highest BCUT2D eigenvalue weighted by Crippen LogP contribution is 2.69. The molecular formula is C16H15FN2O. The van der Waals surface area contributed by atoms with Crippen molar-refractivity contribution in [3.8, 4) is 6.07 Å². The number of hydrogen-bond donors (Lipinski definition) is 1. The number of carbonyl (C=O) groups is 1. The average molecular weight is 270 g/mol. The van der Waals surface area contributed by atoms with E-state index in [4.69, 9.17) is 5.26 Å². The molecule has 3 aliphatic carbocycles. The Kier molecular flexibility index (Phi) is 2.41. The summed E-state index contributed by atoms with van der Waals surface area (Å²) in [6, 6.07) is 5.94. The minimum absolute atomic E-state index is 0.0288. The van der Waals surface area contributed by atoms with E-state index < -0.39 is 5.82 Å². The van der Waals surface area contributed by atoms with Gasteiger partial charge in [0.25, 0.3) is 0 Å². The molecule has 1 N–H and O–H groups in total. The van der Waals surface area contributed by atoms with Crippen molar-refractivity contribution in [2.75, 3.05) is 5.32 Å². The molecule has 0 heterocycles. The van der Waals surface area contributed by atoms with Gasteiger partial charge in [-0.25, -0.2) is 4.39 Å². The summed E-state index contributed by atoms with van der Waals surface area (Å²) in [5.41, 5.74) is 0.490. The number of nitriles is 1. The van der Waals surface area contributed by atoms with Gasteiger partial charge in [0.2, 0.25) is 5.91 Å². The van der Waals surface area contributed by atoms with E-state index in [1.54, 1.807) is 6.07 Å². The molecule has 3 nitrogen and oxygen atoms in total. The largest absolute Gasteiger partial charge is 0.326 e. The number of nitrogens with zero attached hydrogens (tertiary/aromatic N) is 1. The molecule has 2 bridgehead atoms.